The molecule has 5 rings (SSSR count). The molecular formula is C25H29N5O2. The van der Waals surface area contributed by atoms with Gasteiger partial charge < -0.3 is 15.3 Å². The fourth-order valence-electron chi connectivity index (χ4n) is 4.08. The summed E-state index contributed by atoms with van der Waals surface area (Å²) in [5.41, 5.74) is 3.08. The fourth-order valence-corrected chi connectivity index (χ4v) is 4.08. The lowest BCUT2D eigenvalue weighted by Gasteiger charge is -2.21. The molecule has 166 valence electrons. The molecule has 0 spiro atoms. The van der Waals surface area contributed by atoms with E-state index in [0.717, 1.165) is 35.2 Å². The summed E-state index contributed by atoms with van der Waals surface area (Å²) >= 11 is 0. The van der Waals surface area contributed by atoms with E-state index in [1.165, 1.54) is 0 Å². The highest BCUT2D eigenvalue weighted by Crippen LogP contribution is 2.33. The van der Waals surface area contributed by atoms with Crippen molar-refractivity contribution in [3.05, 3.63) is 78.1 Å². The van der Waals surface area contributed by atoms with Crippen LogP contribution in [0.25, 0.3) is 22.3 Å². The summed E-state index contributed by atoms with van der Waals surface area (Å²) in [5, 5.41) is 14.4. The molecule has 0 bridgehead atoms. The number of carbonyl (C=O) groups excluding carboxylic acids is 1. The van der Waals surface area contributed by atoms with Gasteiger partial charge in [-0.25, -0.2) is 9.97 Å². The third-order valence-corrected chi connectivity index (χ3v) is 5.72. The van der Waals surface area contributed by atoms with Gasteiger partial charge in [0.15, 0.2) is 5.82 Å². The third kappa shape index (κ3) is 3.85. The van der Waals surface area contributed by atoms with Crippen LogP contribution in [0, 0.1) is 6.92 Å². The van der Waals surface area contributed by atoms with Crippen LogP contribution in [0.2, 0.25) is 0 Å². The summed E-state index contributed by atoms with van der Waals surface area (Å²) in [4.78, 5) is 28.3. The number of hydrogen-bond acceptors (Lipinski definition) is 6. The number of anilines is 1. The normalized spacial score (nSPS) is 15.8. The van der Waals surface area contributed by atoms with Gasteiger partial charge >= 0.3 is 0 Å². The number of aryl methyl sites for hydroxylation is 1. The second-order valence-corrected chi connectivity index (χ2v) is 8.06. The summed E-state index contributed by atoms with van der Waals surface area (Å²) in [7, 11) is 0. The van der Waals surface area contributed by atoms with Crippen molar-refractivity contribution in [2.75, 3.05) is 18.0 Å². The number of aromatic nitrogens is 3. The van der Waals surface area contributed by atoms with Gasteiger partial charge in [0.2, 0.25) is 0 Å². The first kappa shape index (κ1) is 19.9. The van der Waals surface area contributed by atoms with E-state index in [1.54, 1.807) is 36.7 Å². The van der Waals surface area contributed by atoms with E-state index in [2.05, 4.69) is 15.2 Å². The summed E-state index contributed by atoms with van der Waals surface area (Å²) in [6, 6.07) is 16.7. The lowest BCUT2D eigenvalue weighted by Crippen LogP contribution is -2.37. The molecule has 0 saturated carbocycles. The topological polar surface area (TPSA) is 91.2 Å². The highest BCUT2D eigenvalue weighted by Gasteiger charge is 2.27. The third-order valence-electron chi connectivity index (χ3n) is 5.72. The molecule has 1 atom stereocenters. The number of aromatic hydroxyl groups is 1. The Morgan fingerprint density at radius 2 is 2.03 bits per heavy atom. The zero-order valence-electron chi connectivity index (χ0n) is 17.7. The van der Waals surface area contributed by atoms with Crippen LogP contribution >= 0.6 is 0 Å². The van der Waals surface area contributed by atoms with Crippen molar-refractivity contribution in [1.82, 2.24) is 20.3 Å². The van der Waals surface area contributed by atoms with Gasteiger partial charge in [0.25, 0.3) is 5.91 Å². The van der Waals surface area contributed by atoms with E-state index in [0.29, 0.717) is 23.5 Å². The van der Waals surface area contributed by atoms with Crippen LogP contribution in [0.3, 0.4) is 0 Å². The molecule has 2 aromatic heterocycles. The molecule has 1 fully saturated rings. The van der Waals surface area contributed by atoms with Crippen LogP contribution in [0.1, 0.15) is 26.6 Å². The number of phenolic OH excluding ortho intramolecular Hbond substituents is 1. The van der Waals surface area contributed by atoms with Crippen LogP contribution in [0.5, 0.6) is 5.75 Å². The van der Waals surface area contributed by atoms with Crippen molar-refractivity contribution in [1.29, 1.82) is 0 Å². The van der Waals surface area contributed by atoms with Gasteiger partial charge in [0.05, 0.1) is 16.6 Å². The van der Waals surface area contributed by atoms with Gasteiger partial charge in [-0.2, -0.15) is 0 Å². The van der Waals surface area contributed by atoms with Gasteiger partial charge in [-0.3, -0.25) is 9.78 Å². The Bertz CT molecular complexity index is 1310. The minimum atomic E-state index is -0.122. The van der Waals surface area contributed by atoms with E-state index in [9.17, 15) is 9.90 Å². The number of fused-ring (bicyclic) bond motifs is 1. The molecule has 7 heteroatoms. The molecule has 2 N–H and O–H groups in total. The molecule has 2 aromatic carbocycles. The van der Waals surface area contributed by atoms with Gasteiger partial charge in [0.1, 0.15) is 11.6 Å². The van der Waals surface area contributed by atoms with Crippen LogP contribution in [-0.4, -0.2) is 45.1 Å². The smallest absolute Gasteiger partial charge is 0.253 e. The average molecular weight is 432 g/mol. The molecule has 4 aromatic rings. The van der Waals surface area contributed by atoms with Crippen molar-refractivity contribution in [2.24, 2.45) is 0 Å². The number of nitrogens with one attached hydrogen (secondary N) is 1. The van der Waals surface area contributed by atoms with E-state index in [4.69, 9.17) is 9.97 Å². The predicted octanol–water partition coefficient (Wildman–Crippen LogP) is 4.45. The zero-order valence-corrected chi connectivity index (χ0v) is 17.7. The standard InChI is InChI=1S/C25H23N5O2.3H2/c1-16-8-9-19-21(13-16)28-23(20-6-2-3-7-22(20)31)29-24(19)30-12-10-18(15-30)27-25(32)17-5-4-11-26-14-17;;;/h2-9,11,13-14,18,31H,10,12,15H2,1H3,(H,27,32);3*1H/t18-;;;/m1.../s1. The second-order valence-electron chi connectivity index (χ2n) is 8.06. The Balaban J connectivity index is 0.00000144. The molecule has 32 heavy (non-hydrogen) atoms. The Kier molecular flexibility index (Phi) is 5.15. The Hall–Kier alpha value is -4.00. The van der Waals surface area contributed by atoms with Gasteiger partial charge in [-0.15, -0.1) is 0 Å². The van der Waals surface area contributed by atoms with Crippen LogP contribution in [0.15, 0.2) is 67.0 Å². The molecule has 0 aliphatic carbocycles. The van der Waals surface area contributed by atoms with Gasteiger partial charge in [-0.1, -0.05) is 18.2 Å². The van der Waals surface area contributed by atoms with Crippen molar-refractivity contribution in [2.45, 2.75) is 19.4 Å². The number of carbonyl (C=O) groups is 1. The zero-order chi connectivity index (χ0) is 22.1. The maximum absolute atomic E-state index is 12.5. The van der Waals surface area contributed by atoms with Crippen molar-refractivity contribution in [3.8, 4) is 17.1 Å². The molecule has 1 saturated heterocycles. The Morgan fingerprint density at radius 3 is 2.84 bits per heavy atom. The van der Waals surface area contributed by atoms with Crippen molar-refractivity contribution < 1.29 is 14.2 Å². The van der Waals surface area contributed by atoms with Crippen LogP contribution < -0.4 is 10.2 Å². The molecule has 7 nitrogen and oxygen atoms in total. The molecule has 0 radical (unpaired) electrons. The van der Waals surface area contributed by atoms with Gasteiger partial charge in [-0.05, 0) is 55.3 Å². The molecule has 1 amide bonds. The number of benzene rings is 2. The minimum Gasteiger partial charge on any atom is -0.507 e. The lowest BCUT2D eigenvalue weighted by atomic mass is 10.1. The number of hydrogen-bond donors (Lipinski definition) is 2. The van der Waals surface area contributed by atoms with Crippen LogP contribution in [0.4, 0.5) is 5.82 Å². The van der Waals surface area contributed by atoms with Crippen molar-refractivity contribution >= 4 is 22.6 Å². The minimum absolute atomic E-state index is 0. The number of rotatable bonds is 4. The quantitative estimate of drug-likeness (QED) is 0.496. The summed E-state index contributed by atoms with van der Waals surface area (Å²) in [6.07, 6.45) is 4.04. The van der Waals surface area contributed by atoms with Crippen LogP contribution in [-0.2, 0) is 0 Å². The maximum Gasteiger partial charge on any atom is 0.253 e. The number of nitrogens with zero attached hydrogens (tertiary/aromatic N) is 4. The predicted molar refractivity (Wildman–Crippen MR) is 130 cm³/mol. The van der Waals surface area contributed by atoms with E-state index in [-0.39, 0.29) is 22.0 Å². The summed E-state index contributed by atoms with van der Waals surface area (Å²) in [5.74, 6) is 1.32. The SMILES string of the molecule is Cc1ccc2c(N3CC[C@@H](NC(=O)c4cccnc4)C3)nc(-c3ccccc3O)nc2c1.[HH].[HH].[HH]. The molecule has 3 heterocycles. The Morgan fingerprint density at radius 1 is 1.16 bits per heavy atom. The largest absolute Gasteiger partial charge is 0.507 e. The fraction of sp³-hybridized carbons (Fsp3) is 0.200. The first-order valence-electron chi connectivity index (χ1n) is 10.6. The highest BCUT2D eigenvalue weighted by atomic mass is 16.3. The molecular weight excluding hydrogens is 402 g/mol. The van der Waals surface area contributed by atoms with Crippen molar-refractivity contribution in [3.63, 3.8) is 0 Å². The molecule has 1 aliphatic rings. The monoisotopic (exact) mass is 431 g/mol. The lowest BCUT2D eigenvalue weighted by molar-refractivity contribution is 0.0940. The number of amides is 1. The Labute approximate surface area is 190 Å². The highest BCUT2D eigenvalue weighted by molar-refractivity contribution is 5.94. The average Bonchev–Trinajstić information content (AvgIpc) is 3.27. The van der Waals surface area contributed by atoms with E-state index < -0.39 is 0 Å². The first-order valence-corrected chi connectivity index (χ1v) is 10.6. The van der Waals surface area contributed by atoms with Gasteiger partial charge in [0, 0.05) is 41.2 Å². The van der Waals surface area contributed by atoms with E-state index >= 15 is 0 Å². The molecule has 0 unspecified atom stereocenters. The number of para-hydroxylation sites is 1. The summed E-state index contributed by atoms with van der Waals surface area (Å²) in [6.45, 7) is 3.44. The first-order chi connectivity index (χ1) is 15.6. The molecule has 1 aliphatic heterocycles. The van der Waals surface area contributed by atoms with E-state index in [1.807, 2.05) is 37.3 Å². The summed E-state index contributed by atoms with van der Waals surface area (Å²) < 4.78 is 0. The number of pyridine rings is 1. The maximum atomic E-state index is 12.5. The number of phenols is 1. The second kappa shape index (κ2) is 8.26.